The Bertz CT molecular complexity index is 536. The van der Waals surface area contributed by atoms with Crippen LogP contribution in [0.1, 0.15) is 13.8 Å². The Morgan fingerprint density at radius 2 is 1.79 bits per heavy atom. The van der Waals surface area contributed by atoms with Crippen molar-refractivity contribution in [3.05, 3.63) is 24.3 Å². The summed E-state index contributed by atoms with van der Waals surface area (Å²) in [5.74, 6) is 0.0419. The monoisotopic (exact) mass is 284 g/mol. The molecule has 1 aromatic rings. The van der Waals surface area contributed by atoms with Crippen molar-refractivity contribution in [2.75, 3.05) is 25.2 Å². The van der Waals surface area contributed by atoms with Gasteiger partial charge in [0, 0.05) is 19.8 Å². The van der Waals surface area contributed by atoms with Gasteiger partial charge in [-0.3, -0.25) is 4.79 Å². The van der Waals surface area contributed by atoms with E-state index in [-0.39, 0.29) is 17.7 Å². The molecular formula is C13H20N2O3S. The number of amides is 1. The molecule has 0 radical (unpaired) electrons. The van der Waals surface area contributed by atoms with E-state index in [2.05, 4.69) is 5.32 Å². The summed E-state index contributed by atoms with van der Waals surface area (Å²) in [7, 11) is 0.208. The predicted molar refractivity (Wildman–Crippen MR) is 75.9 cm³/mol. The van der Waals surface area contributed by atoms with Gasteiger partial charge in [0.2, 0.25) is 5.91 Å². The Morgan fingerprint density at radius 1 is 1.26 bits per heavy atom. The van der Waals surface area contributed by atoms with Crippen LogP contribution in [-0.4, -0.2) is 45.1 Å². The molecule has 1 amide bonds. The van der Waals surface area contributed by atoms with Gasteiger partial charge in [0.25, 0.3) is 0 Å². The first-order valence-corrected chi connectivity index (χ1v) is 7.73. The normalized spacial score (nSPS) is 12.8. The summed E-state index contributed by atoms with van der Waals surface area (Å²) in [6, 6.07) is 6.08. The summed E-state index contributed by atoms with van der Waals surface area (Å²) < 4.78 is 23.3. The number of likely N-dealkylation sites (N-methyl/N-ethyl adjacent to an activating group) is 1. The summed E-state index contributed by atoms with van der Waals surface area (Å²) in [5, 5.41) is 3.03. The van der Waals surface area contributed by atoms with Crippen LogP contribution in [0.25, 0.3) is 0 Å². The highest BCUT2D eigenvalue weighted by atomic mass is 32.2. The van der Waals surface area contributed by atoms with Crippen molar-refractivity contribution in [2.24, 2.45) is 0 Å². The second-order valence-corrected chi connectivity index (χ2v) is 6.80. The average molecular weight is 284 g/mol. The molecule has 5 nitrogen and oxygen atoms in total. The van der Waals surface area contributed by atoms with Crippen molar-refractivity contribution in [1.82, 2.24) is 4.90 Å². The molecule has 1 aromatic carbocycles. The van der Waals surface area contributed by atoms with E-state index >= 15 is 0 Å². The number of hydrogen-bond acceptors (Lipinski definition) is 4. The van der Waals surface area contributed by atoms with Gasteiger partial charge in [0.05, 0.1) is 10.6 Å². The van der Waals surface area contributed by atoms with Crippen LogP contribution in [0.5, 0.6) is 0 Å². The minimum atomic E-state index is -3.18. The van der Waals surface area contributed by atoms with Gasteiger partial charge in [-0.15, -0.1) is 0 Å². The third kappa shape index (κ3) is 3.96. The van der Waals surface area contributed by atoms with Crippen LogP contribution in [-0.2, 0) is 14.6 Å². The molecule has 6 heteroatoms. The molecule has 0 aliphatic heterocycles. The Kier molecular flexibility index (Phi) is 4.94. The zero-order valence-corrected chi connectivity index (χ0v) is 12.5. The van der Waals surface area contributed by atoms with Crippen LogP contribution in [0.2, 0.25) is 0 Å². The number of sulfone groups is 1. The van der Waals surface area contributed by atoms with E-state index in [4.69, 9.17) is 0 Å². The average Bonchev–Trinajstić information content (AvgIpc) is 2.38. The van der Waals surface area contributed by atoms with E-state index in [1.54, 1.807) is 52.2 Å². The number of carbonyl (C=O) groups excluding carboxylic acids is 1. The molecule has 0 heterocycles. The van der Waals surface area contributed by atoms with Crippen molar-refractivity contribution < 1.29 is 13.2 Å². The molecule has 0 bridgehead atoms. The van der Waals surface area contributed by atoms with Crippen LogP contribution >= 0.6 is 0 Å². The maximum Gasteiger partial charge on any atom is 0.244 e. The van der Waals surface area contributed by atoms with Gasteiger partial charge in [0.15, 0.2) is 9.84 Å². The summed E-state index contributed by atoms with van der Waals surface area (Å²) in [5.41, 5.74) is 0.720. The maximum atomic E-state index is 11.7. The summed E-state index contributed by atoms with van der Waals surface area (Å²) in [4.78, 5) is 13.5. The van der Waals surface area contributed by atoms with Gasteiger partial charge in [-0.05, 0) is 31.2 Å². The number of nitrogens with zero attached hydrogens (tertiary/aromatic N) is 1. The largest absolute Gasteiger partial charge is 0.374 e. The lowest BCUT2D eigenvalue weighted by atomic mass is 10.2. The summed E-state index contributed by atoms with van der Waals surface area (Å²) in [6.45, 7) is 3.37. The van der Waals surface area contributed by atoms with E-state index < -0.39 is 9.84 Å². The molecule has 0 saturated carbocycles. The Balaban J connectivity index is 2.81. The van der Waals surface area contributed by atoms with Crippen LogP contribution in [0.3, 0.4) is 0 Å². The number of hydrogen-bond donors (Lipinski definition) is 1. The third-order valence-corrected chi connectivity index (χ3v) is 4.54. The second kappa shape index (κ2) is 6.06. The molecule has 0 aromatic heterocycles. The molecular weight excluding hydrogens is 264 g/mol. The molecule has 1 unspecified atom stereocenters. The van der Waals surface area contributed by atoms with Gasteiger partial charge in [-0.25, -0.2) is 8.42 Å². The topological polar surface area (TPSA) is 66.5 Å². The van der Waals surface area contributed by atoms with Crippen LogP contribution < -0.4 is 5.32 Å². The highest BCUT2D eigenvalue weighted by molar-refractivity contribution is 7.91. The molecule has 0 saturated heterocycles. The molecule has 1 N–H and O–H groups in total. The Hall–Kier alpha value is -1.56. The van der Waals surface area contributed by atoms with Crippen molar-refractivity contribution in [2.45, 2.75) is 24.8 Å². The molecule has 106 valence electrons. The van der Waals surface area contributed by atoms with E-state index in [0.29, 0.717) is 4.90 Å². The standard InChI is InChI=1S/C13H20N2O3S/c1-5-19(17,18)12-8-6-11(7-9-12)14-10(2)13(16)15(3)4/h6-10,14H,5H2,1-4H3. The highest BCUT2D eigenvalue weighted by Crippen LogP contribution is 2.16. The zero-order valence-electron chi connectivity index (χ0n) is 11.7. The number of benzene rings is 1. The number of nitrogens with one attached hydrogen (secondary N) is 1. The van der Waals surface area contributed by atoms with Gasteiger partial charge < -0.3 is 10.2 Å². The Labute approximate surface area is 114 Å². The fourth-order valence-electron chi connectivity index (χ4n) is 1.62. The first kappa shape index (κ1) is 15.5. The molecule has 0 spiro atoms. The second-order valence-electron chi connectivity index (χ2n) is 4.53. The van der Waals surface area contributed by atoms with Gasteiger partial charge in [-0.2, -0.15) is 0 Å². The molecule has 0 fully saturated rings. The number of rotatable bonds is 5. The van der Waals surface area contributed by atoms with Crippen molar-refractivity contribution in [3.8, 4) is 0 Å². The maximum absolute atomic E-state index is 11.7. The summed E-state index contributed by atoms with van der Waals surface area (Å²) >= 11 is 0. The summed E-state index contributed by atoms with van der Waals surface area (Å²) in [6.07, 6.45) is 0. The van der Waals surface area contributed by atoms with E-state index in [0.717, 1.165) is 5.69 Å². The van der Waals surface area contributed by atoms with E-state index in [1.807, 2.05) is 0 Å². The fraction of sp³-hybridized carbons (Fsp3) is 0.462. The molecule has 19 heavy (non-hydrogen) atoms. The molecule has 1 rings (SSSR count). The number of carbonyl (C=O) groups is 1. The molecule has 0 aliphatic rings. The lowest BCUT2D eigenvalue weighted by molar-refractivity contribution is -0.129. The lowest BCUT2D eigenvalue weighted by Gasteiger charge is -2.19. The van der Waals surface area contributed by atoms with Crippen LogP contribution in [0, 0.1) is 0 Å². The lowest BCUT2D eigenvalue weighted by Crippen LogP contribution is -2.36. The number of anilines is 1. The van der Waals surface area contributed by atoms with Crippen LogP contribution in [0.4, 0.5) is 5.69 Å². The SMILES string of the molecule is CCS(=O)(=O)c1ccc(NC(C)C(=O)N(C)C)cc1. The minimum absolute atomic E-state index is 0.0368. The first-order chi connectivity index (χ1) is 8.77. The van der Waals surface area contributed by atoms with E-state index in [1.165, 1.54) is 4.90 Å². The minimum Gasteiger partial charge on any atom is -0.374 e. The van der Waals surface area contributed by atoms with Crippen LogP contribution in [0.15, 0.2) is 29.2 Å². The van der Waals surface area contributed by atoms with E-state index in [9.17, 15) is 13.2 Å². The molecule has 1 atom stereocenters. The predicted octanol–water partition coefficient (Wildman–Crippen LogP) is 1.37. The highest BCUT2D eigenvalue weighted by Gasteiger charge is 2.15. The van der Waals surface area contributed by atoms with Crippen molar-refractivity contribution in [1.29, 1.82) is 0 Å². The van der Waals surface area contributed by atoms with Gasteiger partial charge >= 0.3 is 0 Å². The zero-order chi connectivity index (χ0) is 14.6. The van der Waals surface area contributed by atoms with Gasteiger partial charge in [0.1, 0.15) is 6.04 Å². The quantitative estimate of drug-likeness (QED) is 0.887. The fourth-order valence-corrected chi connectivity index (χ4v) is 2.51. The van der Waals surface area contributed by atoms with Crippen molar-refractivity contribution in [3.63, 3.8) is 0 Å². The smallest absolute Gasteiger partial charge is 0.244 e. The van der Waals surface area contributed by atoms with Crippen molar-refractivity contribution >= 4 is 21.4 Å². The first-order valence-electron chi connectivity index (χ1n) is 6.08. The Morgan fingerprint density at radius 3 is 2.21 bits per heavy atom. The third-order valence-electron chi connectivity index (χ3n) is 2.79. The molecule has 0 aliphatic carbocycles. The van der Waals surface area contributed by atoms with Gasteiger partial charge in [-0.1, -0.05) is 6.92 Å².